The second-order valence-corrected chi connectivity index (χ2v) is 7.71. The zero-order valence-corrected chi connectivity index (χ0v) is 14.3. The van der Waals surface area contributed by atoms with E-state index in [2.05, 4.69) is 0 Å². The van der Waals surface area contributed by atoms with E-state index in [0.29, 0.717) is 13.1 Å². The number of carbonyl (C=O) groups is 1. The van der Waals surface area contributed by atoms with Crippen LogP contribution in [0.25, 0.3) is 0 Å². The van der Waals surface area contributed by atoms with E-state index in [4.69, 9.17) is 0 Å². The number of piperazine rings is 1. The topological polar surface area (TPSA) is 57.7 Å². The Kier molecular flexibility index (Phi) is 4.69. The van der Waals surface area contributed by atoms with Gasteiger partial charge in [0.15, 0.2) is 0 Å². The van der Waals surface area contributed by atoms with Gasteiger partial charge in [0, 0.05) is 26.6 Å². The molecule has 1 fully saturated rings. The highest BCUT2D eigenvalue weighted by molar-refractivity contribution is 7.89. The first-order valence-corrected chi connectivity index (χ1v) is 9.31. The first kappa shape index (κ1) is 16.7. The summed E-state index contributed by atoms with van der Waals surface area (Å²) in [5.74, 6) is -0.0345. The lowest BCUT2D eigenvalue weighted by molar-refractivity contribution is -0.131. The average molecular weight is 344 g/mol. The van der Waals surface area contributed by atoms with Crippen molar-refractivity contribution in [2.24, 2.45) is 0 Å². The van der Waals surface area contributed by atoms with Crippen LogP contribution in [0.1, 0.15) is 18.5 Å². The molecule has 1 heterocycles. The SMILES string of the molecule is CC(=O)N1CCN(S(=O)(=O)c2ccccc2)[C@@H](c2ccccc2)C1. The molecular weight excluding hydrogens is 324 g/mol. The Hall–Kier alpha value is -2.18. The van der Waals surface area contributed by atoms with Crippen LogP contribution in [0.5, 0.6) is 0 Å². The fourth-order valence-electron chi connectivity index (χ4n) is 3.01. The summed E-state index contributed by atoms with van der Waals surface area (Å²) < 4.78 is 27.7. The van der Waals surface area contributed by atoms with Crippen LogP contribution in [-0.2, 0) is 14.8 Å². The number of rotatable bonds is 3. The minimum absolute atomic E-state index is 0.0345. The molecule has 24 heavy (non-hydrogen) atoms. The van der Waals surface area contributed by atoms with Gasteiger partial charge in [-0.2, -0.15) is 4.31 Å². The molecule has 0 saturated carbocycles. The summed E-state index contributed by atoms with van der Waals surface area (Å²) in [5, 5.41) is 0. The molecule has 0 bridgehead atoms. The number of hydrogen-bond acceptors (Lipinski definition) is 3. The standard InChI is InChI=1S/C18H20N2O3S/c1-15(21)19-12-13-20(18(14-19)16-8-4-2-5-9-16)24(22,23)17-10-6-3-7-11-17/h2-11,18H,12-14H2,1H3/t18-/m1/s1. The van der Waals surface area contributed by atoms with Gasteiger partial charge in [-0.15, -0.1) is 0 Å². The van der Waals surface area contributed by atoms with Crippen molar-refractivity contribution in [3.05, 3.63) is 66.2 Å². The minimum Gasteiger partial charge on any atom is -0.340 e. The third-order valence-electron chi connectivity index (χ3n) is 4.31. The van der Waals surface area contributed by atoms with Crippen molar-refractivity contribution < 1.29 is 13.2 Å². The quantitative estimate of drug-likeness (QED) is 0.858. The lowest BCUT2D eigenvalue weighted by Crippen LogP contribution is -2.51. The first-order valence-electron chi connectivity index (χ1n) is 7.87. The molecular formula is C18H20N2O3S. The largest absolute Gasteiger partial charge is 0.340 e. The maximum Gasteiger partial charge on any atom is 0.243 e. The molecule has 0 N–H and O–H groups in total. The Morgan fingerprint density at radius 3 is 2.12 bits per heavy atom. The van der Waals surface area contributed by atoms with Crippen molar-refractivity contribution in [1.82, 2.24) is 9.21 Å². The van der Waals surface area contributed by atoms with Crippen LogP contribution in [-0.4, -0.2) is 43.2 Å². The highest BCUT2D eigenvalue weighted by Gasteiger charge is 2.37. The van der Waals surface area contributed by atoms with Crippen molar-refractivity contribution in [3.8, 4) is 0 Å². The number of hydrogen-bond donors (Lipinski definition) is 0. The number of nitrogens with zero attached hydrogens (tertiary/aromatic N) is 2. The molecule has 6 heteroatoms. The van der Waals surface area contributed by atoms with E-state index in [1.54, 1.807) is 35.2 Å². The predicted octanol–water partition coefficient (Wildman–Crippen LogP) is 2.28. The molecule has 1 amide bonds. The van der Waals surface area contributed by atoms with Gasteiger partial charge in [0.25, 0.3) is 0 Å². The van der Waals surface area contributed by atoms with Crippen LogP contribution in [0, 0.1) is 0 Å². The van der Waals surface area contributed by atoms with E-state index >= 15 is 0 Å². The predicted molar refractivity (Wildman–Crippen MR) is 91.8 cm³/mol. The van der Waals surface area contributed by atoms with Gasteiger partial charge in [0.2, 0.25) is 15.9 Å². The molecule has 1 aliphatic heterocycles. The molecule has 1 saturated heterocycles. The molecule has 1 aliphatic rings. The Morgan fingerprint density at radius 1 is 0.958 bits per heavy atom. The third kappa shape index (κ3) is 3.20. The molecule has 2 aromatic rings. The van der Waals surface area contributed by atoms with E-state index < -0.39 is 10.0 Å². The number of sulfonamides is 1. The summed E-state index contributed by atoms with van der Waals surface area (Å²) >= 11 is 0. The van der Waals surface area contributed by atoms with Gasteiger partial charge in [0.1, 0.15) is 0 Å². The molecule has 0 radical (unpaired) electrons. The zero-order valence-electron chi connectivity index (χ0n) is 13.5. The lowest BCUT2D eigenvalue weighted by Gasteiger charge is -2.40. The second kappa shape index (κ2) is 6.75. The van der Waals surface area contributed by atoms with Gasteiger partial charge < -0.3 is 4.90 Å². The summed E-state index contributed by atoms with van der Waals surface area (Å²) in [6, 6.07) is 17.5. The third-order valence-corrected chi connectivity index (χ3v) is 6.23. The molecule has 0 aliphatic carbocycles. The molecule has 2 aromatic carbocycles. The molecule has 0 unspecified atom stereocenters. The number of benzene rings is 2. The summed E-state index contributed by atoms with van der Waals surface area (Å²) in [7, 11) is -3.61. The molecule has 0 aromatic heterocycles. The van der Waals surface area contributed by atoms with Gasteiger partial charge in [-0.3, -0.25) is 4.79 Å². The Balaban J connectivity index is 2.00. The zero-order chi connectivity index (χ0) is 17.2. The molecule has 3 rings (SSSR count). The highest BCUT2D eigenvalue weighted by Crippen LogP contribution is 2.31. The summed E-state index contributed by atoms with van der Waals surface area (Å²) in [4.78, 5) is 13.7. The van der Waals surface area contributed by atoms with Crippen LogP contribution < -0.4 is 0 Å². The van der Waals surface area contributed by atoms with Crippen molar-refractivity contribution in [2.75, 3.05) is 19.6 Å². The van der Waals surface area contributed by atoms with Crippen molar-refractivity contribution in [2.45, 2.75) is 17.9 Å². The summed E-state index contributed by atoms with van der Waals surface area (Å²) in [6.45, 7) is 2.58. The van der Waals surface area contributed by atoms with E-state index in [-0.39, 0.29) is 23.4 Å². The van der Waals surface area contributed by atoms with Crippen LogP contribution >= 0.6 is 0 Å². The van der Waals surface area contributed by atoms with E-state index in [1.165, 1.54) is 11.2 Å². The summed E-state index contributed by atoms with van der Waals surface area (Å²) in [6.07, 6.45) is 0. The van der Waals surface area contributed by atoms with Crippen LogP contribution in [0.2, 0.25) is 0 Å². The van der Waals surface area contributed by atoms with Gasteiger partial charge in [-0.05, 0) is 17.7 Å². The minimum atomic E-state index is -3.61. The van der Waals surface area contributed by atoms with Gasteiger partial charge >= 0.3 is 0 Å². The Bertz CT molecular complexity index is 807. The van der Waals surface area contributed by atoms with Crippen LogP contribution in [0.3, 0.4) is 0 Å². The summed E-state index contributed by atoms with van der Waals surface area (Å²) in [5.41, 5.74) is 0.892. The lowest BCUT2D eigenvalue weighted by atomic mass is 10.0. The smallest absolute Gasteiger partial charge is 0.243 e. The molecule has 5 nitrogen and oxygen atoms in total. The van der Waals surface area contributed by atoms with E-state index in [1.807, 2.05) is 30.3 Å². The van der Waals surface area contributed by atoms with E-state index in [9.17, 15) is 13.2 Å². The molecule has 0 spiro atoms. The number of carbonyl (C=O) groups excluding carboxylic acids is 1. The first-order chi connectivity index (χ1) is 11.5. The molecule has 1 atom stereocenters. The van der Waals surface area contributed by atoms with Crippen LogP contribution in [0.15, 0.2) is 65.6 Å². The van der Waals surface area contributed by atoms with Gasteiger partial charge in [-0.1, -0.05) is 48.5 Å². The van der Waals surface area contributed by atoms with Gasteiger partial charge in [0.05, 0.1) is 10.9 Å². The normalized spacial score (nSPS) is 19.2. The Labute approximate surface area is 142 Å². The Morgan fingerprint density at radius 2 is 1.54 bits per heavy atom. The van der Waals surface area contributed by atoms with Crippen molar-refractivity contribution >= 4 is 15.9 Å². The number of amides is 1. The van der Waals surface area contributed by atoms with Gasteiger partial charge in [-0.25, -0.2) is 8.42 Å². The fraction of sp³-hybridized carbons (Fsp3) is 0.278. The molecule has 126 valence electrons. The average Bonchev–Trinajstić information content (AvgIpc) is 2.62. The fourth-order valence-corrected chi connectivity index (χ4v) is 4.63. The van der Waals surface area contributed by atoms with Crippen molar-refractivity contribution in [3.63, 3.8) is 0 Å². The van der Waals surface area contributed by atoms with E-state index in [0.717, 1.165) is 5.56 Å². The highest BCUT2D eigenvalue weighted by atomic mass is 32.2. The maximum absolute atomic E-state index is 13.1. The van der Waals surface area contributed by atoms with Crippen molar-refractivity contribution in [1.29, 1.82) is 0 Å². The monoisotopic (exact) mass is 344 g/mol. The second-order valence-electron chi connectivity index (χ2n) is 5.82. The maximum atomic E-state index is 13.1. The van der Waals surface area contributed by atoms with Crippen LogP contribution in [0.4, 0.5) is 0 Å².